The third-order valence-electron chi connectivity index (χ3n) is 6.73. The Kier molecular flexibility index (Phi) is 8.07. The van der Waals surface area contributed by atoms with Crippen molar-refractivity contribution in [3.63, 3.8) is 0 Å². The van der Waals surface area contributed by atoms with Gasteiger partial charge in [-0.05, 0) is 40.8 Å². The molecule has 5 aromatic rings. The fourth-order valence-electron chi connectivity index (χ4n) is 5.04. The van der Waals surface area contributed by atoms with E-state index in [9.17, 15) is 14.4 Å². The van der Waals surface area contributed by atoms with E-state index in [4.69, 9.17) is 5.73 Å². The van der Waals surface area contributed by atoms with Crippen LogP contribution in [-0.2, 0) is 22.5 Å². The Morgan fingerprint density at radius 1 is 0.538 bits per heavy atom. The average Bonchev–Trinajstić information content (AvgIpc) is 2.91. The summed E-state index contributed by atoms with van der Waals surface area (Å²) in [6, 6.07) is 27.7. The van der Waals surface area contributed by atoms with Crippen molar-refractivity contribution in [1.82, 2.24) is 0 Å². The van der Waals surface area contributed by atoms with Crippen molar-refractivity contribution < 1.29 is 36.9 Å². The number of anilines is 1. The number of carbonyl (C=O) groups excluding carboxylic acids is 3. The number of nitrogens with two attached hydrogens (primary N) is 1. The summed E-state index contributed by atoms with van der Waals surface area (Å²) in [5.41, 5.74) is 11.4. The molecular formula is C31H17Br2CuNO4. The van der Waals surface area contributed by atoms with Crippen LogP contribution < -0.4 is 5.73 Å². The van der Waals surface area contributed by atoms with Crippen molar-refractivity contribution in [2.75, 3.05) is 5.73 Å². The largest absolute Gasteiger partial charge is 2.00 e. The minimum atomic E-state index is -0.173. The van der Waals surface area contributed by atoms with Crippen LogP contribution in [0, 0.1) is 0 Å². The molecule has 2 aliphatic carbocycles. The van der Waals surface area contributed by atoms with Crippen molar-refractivity contribution in [3.05, 3.63) is 133 Å². The van der Waals surface area contributed by atoms with E-state index in [0.29, 0.717) is 27.9 Å². The van der Waals surface area contributed by atoms with Gasteiger partial charge in [0, 0.05) is 47.8 Å². The minimum Gasteiger partial charge on any atom is -2.00 e. The van der Waals surface area contributed by atoms with Crippen LogP contribution in [0.4, 0.5) is 5.69 Å². The summed E-state index contributed by atoms with van der Waals surface area (Å²) in [5, 5.41) is 2.13. The Morgan fingerprint density at radius 2 is 1.13 bits per heavy atom. The normalized spacial score (nSPS) is 12.2. The third-order valence-corrected chi connectivity index (χ3v) is 7.92. The van der Waals surface area contributed by atoms with E-state index >= 15 is 0 Å². The molecule has 0 aromatic heterocycles. The SMILES string of the molecule is Nc1cccc2c1C(=O)c1ccccc1C2=O.O=C1c2cc(Br)ccc2-c2ccc(Br)c3cccc1c23.[Cu+2].[O-2]. The molecule has 0 bridgehead atoms. The molecule has 0 unspecified atom stereocenters. The molecule has 0 fully saturated rings. The molecule has 5 aromatic carbocycles. The van der Waals surface area contributed by atoms with Gasteiger partial charge in [0.2, 0.25) is 0 Å². The molecule has 0 saturated carbocycles. The zero-order valence-electron chi connectivity index (χ0n) is 19.9. The summed E-state index contributed by atoms with van der Waals surface area (Å²) in [6.07, 6.45) is 0. The van der Waals surface area contributed by atoms with E-state index in [2.05, 4.69) is 37.9 Å². The summed E-state index contributed by atoms with van der Waals surface area (Å²) in [4.78, 5) is 37.2. The van der Waals surface area contributed by atoms with Crippen LogP contribution in [0.1, 0.15) is 47.8 Å². The molecule has 0 heterocycles. The van der Waals surface area contributed by atoms with E-state index in [0.717, 1.165) is 42.0 Å². The fourth-order valence-corrected chi connectivity index (χ4v) is 5.86. The zero-order chi connectivity index (χ0) is 25.8. The number of fused-ring (bicyclic) bond motifs is 4. The van der Waals surface area contributed by atoms with Crippen LogP contribution in [0.5, 0.6) is 0 Å². The molecule has 0 spiro atoms. The van der Waals surface area contributed by atoms with Gasteiger partial charge in [0.1, 0.15) is 0 Å². The quantitative estimate of drug-likeness (QED) is 0.131. The number of nitrogen functional groups attached to an aromatic ring is 1. The molecule has 2 aliphatic rings. The second-order valence-electron chi connectivity index (χ2n) is 8.82. The Bertz CT molecular complexity index is 1830. The molecule has 8 heteroatoms. The monoisotopic (exact) mass is 688 g/mol. The molecule has 0 amide bonds. The molecule has 7 rings (SSSR count). The van der Waals surface area contributed by atoms with E-state index < -0.39 is 0 Å². The molecule has 195 valence electrons. The van der Waals surface area contributed by atoms with Gasteiger partial charge in [0.25, 0.3) is 0 Å². The van der Waals surface area contributed by atoms with Gasteiger partial charge in [-0.15, -0.1) is 0 Å². The van der Waals surface area contributed by atoms with Crippen LogP contribution in [0.15, 0.2) is 99.9 Å². The van der Waals surface area contributed by atoms with Gasteiger partial charge >= 0.3 is 17.1 Å². The number of rotatable bonds is 0. The maximum atomic E-state index is 12.7. The molecule has 0 saturated heterocycles. The van der Waals surface area contributed by atoms with Crippen LogP contribution in [-0.4, -0.2) is 17.3 Å². The Balaban J connectivity index is 0.000000174. The van der Waals surface area contributed by atoms with Gasteiger partial charge in [0.05, 0.1) is 5.56 Å². The topological polar surface area (TPSA) is 106 Å². The fraction of sp³-hybridized carbons (Fsp3) is 0. The predicted octanol–water partition coefficient (Wildman–Crippen LogP) is 7.50. The summed E-state index contributed by atoms with van der Waals surface area (Å²) in [5.74, 6) is -0.215. The van der Waals surface area contributed by atoms with Crippen LogP contribution in [0.25, 0.3) is 21.9 Å². The van der Waals surface area contributed by atoms with Gasteiger partial charge in [-0.2, -0.15) is 0 Å². The van der Waals surface area contributed by atoms with Crippen molar-refractivity contribution in [2.45, 2.75) is 0 Å². The van der Waals surface area contributed by atoms with Gasteiger partial charge in [0.15, 0.2) is 17.3 Å². The van der Waals surface area contributed by atoms with Crippen molar-refractivity contribution >= 4 is 65.7 Å². The second kappa shape index (κ2) is 11.0. The predicted molar refractivity (Wildman–Crippen MR) is 153 cm³/mol. The number of ketones is 3. The zero-order valence-corrected chi connectivity index (χ0v) is 24.0. The molecule has 2 N–H and O–H groups in total. The first-order chi connectivity index (χ1) is 17.9. The number of benzene rings is 5. The number of hydrogen-bond acceptors (Lipinski definition) is 4. The maximum absolute atomic E-state index is 12.7. The summed E-state index contributed by atoms with van der Waals surface area (Å²) < 4.78 is 1.95. The summed E-state index contributed by atoms with van der Waals surface area (Å²) in [6.45, 7) is 0. The first kappa shape index (κ1) is 28.6. The van der Waals surface area contributed by atoms with Gasteiger partial charge in [-0.25, -0.2) is 0 Å². The molecule has 1 radical (unpaired) electrons. The molecule has 5 nitrogen and oxygen atoms in total. The van der Waals surface area contributed by atoms with Gasteiger partial charge in [-0.1, -0.05) is 98.6 Å². The standard InChI is InChI=1S/C17H8Br2O.C14H9NO2.Cu.O/c18-9-4-5-10-11-6-7-15(19)12-2-1-3-13(16(11)12)17(20)14(10)8-9;15-11-7-3-6-10-12(11)14(17)9-5-2-1-4-8(9)13(10)16;;/h1-8H;1-7H,15H2;;/q;;+2;-2. The molecule has 0 atom stereocenters. The second-order valence-corrected chi connectivity index (χ2v) is 10.6. The maximum Gasteiger partial charge on any atom is 2.00 e. The summed E-state index contributed by atoms with van der Waals surface area (Å²) >= 11 is 7.02. The van der Waals surface area contributed by atoms with E-state index in [1.807, 2.05) is 42.5 Å². The first-order valence-electron chi connectivity index (χ1n) is 11.5. The Morgan fingerprint density at radius 3 is 1.87 bits per heavy atom. The average molecular weight is 691 g/mol. The van der Waals surface area contributed by atoms with Crippen LogP contribution >= 0.6 is 31.9 Å². The van der Waals surface area contributed by atoms with Gasteiger partial charge in [-0.3, -0.25) is 14.4 Å². The molecule has 0 aliphatic heterocycles. The first-order valence-corrected chi connectivity index (χ1v) is 13.1. The van der Waals surface area contributed by atoms with Gasteiger partial charge < -0.3 is 11.2 Å². The number of halogens is 2. The van der Waals surface area contributed by atoms with E-state index in [1.54, 1.807) is 42.5 Å². The van der Waals surface area contributed by atoms with E-state index in [-0.39, 0.29) is 39.9 Å². The number of hydrogen-bond donors (Lipinski definition) is 1. The molecule has 39 heavy (non-hydrogen) atoms. The van der Waals surface area contributed by atoms with Crippen molar-refractivity contribution in [2.24, 2.45) is 0 Å². The third kappa shape index (κ3) is 4.58. The smallest absolute Gasteiger partial charge is 2.00 e. The Labute approximate surface area is 251 Å². The molecular weight excluding hydrogens is 674 g/mol. The van der Waals surface area contributed by atoms with E-state index in [1.165, 1.54) is 0 Å². The minimum absolute atomic E-state index is 0. The number of carbonyl (C=O) groups is 3. The van der Waals surface area contributed by atoms with Crippen LogP contribution in [0.3, 0.4) is 0 Å². The van der Waals surface area contributed by atoms with Crippen molar-refractivity contribution in [1.29, 1.82) is 0 Å². The van der Waals surface area contributed by atoms with Crippen molar-refractivity contribution in [3.8, 4) is 11.1 Å². The summed E-state index contributed by atoms with van der Waals surface area (Å²) in [7, 11) is 0. The Hall–Kier alpha value is -3.39. The van der Waals surface area contributed by atoms with Crippen LogP contribution in [0.2, 0.25) is 0 Å².